The minimum atomic E-state index is -0.822. The molecule has 0 aromatic heterocycles. The minimum absolute atomic E-state index is 0.0299. The Morgan fingerprint density at radius 1 is 1.35 bits per heavy atom. The van der Waals surface area contributed by atoms with E-state index < -0.39 is 12.0 Å². The summed E-state index contributed by atoms with van der Waals surface area (Å²) in [6.45, 7) is 4.87. The van der Waals surface area contributed by atoms with E-state index in [-0.39, 0.29) is 17.6 Å². The molecule has 0 radical (unpaired) electrons. The predicted molar refractivity (Wildman–Crippen MR) is 78.6 cm³/mol. The standard InChI is InChI=1S/C13H25NO5S/c1-4-12(16)14-5-8-20-13(17)10(2)11(15)9-19-7-6-18-3/h10-11,15H,4-9H2,1-3H3,(H,14,16)/t10-,11+/m0/s1. The third-order valence-electron chi connectivity index (χ3n) is 2.66. The van der Waals surface area contributed by atoms with Gasteiger partial charge >= 0.3 is 0 Å². The van der Waals surface area contributed by atoms with Crippen LogP contribution in [0.2, 0.25) is 0 Å². The van der Waals surface area contributed by atoms with Crippen molar-refractivity contribution in [3.8, 4) is 0 Å². The van der Waals surface area contributed by atoms with E-state index in [1.165, 1.54) is 0 Å². The maximum atomic E-state index is 11.8. The Balaban J connectivity index is 3.75. The van der Waals surface area contributed by atoms with Gasteiger partial charge in [0.15, 0.2) is 5.12 Å². The third-order valence-corrected chi connectivity index (χ3v) is 3.72. The molecule has 118 valence electrons. The van der Waals surface area contributed by atoms with Gasteiger partial charge in [-0.3, -0.25) is 9.59 Å². The van der Waals surface area contributed by atoms with Crippen molar-refractivity contribution in [3.63, 3.8) is 0 Å². The second-order valence-corrected chi connectivity index (χ2v) is 5.39. The molecule has 6 nitrogen and oxygen atoms in total. The lowest BCUT2D eigenvalue weighted by Gasteiger charge is -2.17. The van der Waals surface area contributed by atoms with Crippen molar-refractivity contribution in [2.24, 2.45) is 5.92 Å². The second kappa shape index (κ2) is 12.1. The van der Waals surface area contributed by atoms with E-state index in [9.17, 15) is 14.7 Å². The summed E-state index contributed by atoms with van der Waals surface area (Å²) in [7, 11) is 1.57. The predicted octanol–water partition coefficient (Wildman–Crippen LogP) is 0.432. The van der Waals surface area contributed by atoms with E-state index in [1.807, 2.05) is 0 Å². The van der Waals surface area contributed by atoms with Gasteiger partial charge in [0.25, 0.3) is 0 Å². The fourth-order valence-electron chi connectivity index (χ4n) is 1.25. The number of aliphatic hydroxyl groups is 1. The van der Waals surface area contributed by atoms with E-state index in [0.717, 1.165) is 11.8 Å². The average molecular weight is 307 g/mol. The molecule has 0 saturated heterocycles. The molecule has 1 amide bonds. The normalized spacial score (nSPS) is 13.8. The molecule has 0 aromatic carbocycles. The molecule has 0 aliphatic heterocycles. The Hall–Kier alpha value is -0.630. The number of carbonyl (C=O) groups excluding carboxylic acids is 2. The van der Waals surface area contributed by atoms with Crippen molar-refractivity contribution in [2.45, 2.75) is 26.4 Å². The van der Waals surface area contributed by atoms with Gasteiger partial charge < -0.3 is 19.9 Å². The molecular weight excluding hydrogens is 282 g/mol. The molecule has 0 aliphatic carbocycles. The van der Waals surface area contributed by atoms with Crippen LogP contribution in [0.3, 0.4) is 0 Å². The molecule has 0 saturated carbocycles. The number of amides is 1. The first kappa shape index (κ1) is 19.4. The molecule has 7 heteroatoms. The number of carbonyl (C=O) groups is 2. The Morgan fingerprint density at radius 2 is 2.05 bits per heavy atom. The zero-order valence-corrected chi connectivity index (χ0v) is 13.2. The highest BCUT2D eigenvalue weighted by atomic mass is 32.2. The van der Waals surface area contributed by atoms with E-state index >= 15 is 0 Å². The zero-order valence-electron chi connectivity index (χ0n) is 12.4. The molecule has 20 heavy (non-hydrogen) atoms. The smallest absolute Gasteiger partial charge is 0.219 e. The molecule has 2 N–H and O–H groups in total. The number of hydrogen-bond donors (Lipinski definition) is 2. The van der Waals surface area contributed by atoms with E-state index in [0.29, 0.717) is 31.9 Å². The number of hydrogen-bond acceptors (Lipinski definition) is 6. The number of nitrogens with one attached hydrogen (secondary N) is 1. The Bertz CT molecular complexity index is 288. The van der Waals surface area contributed by atoms with Gasteiger partial charge in [-0.15, -0.1) is 0 Å². The van der Waals surface area contributed by atoms with Crippen molar-refractivity contribution >= 4 is 22.8 Å². The number of thioether (sulfide) groups is 1. The van der Waals surface area contributed by atoms with E-state index in [2.05, 4.69) is 5.32 Å². The molecule has 0 unspecified atom stereocenters. The molecule has 0 spiro atoms. The molecule has 0 heterocycles. The highest BCUT2D eigenvalue weighted by Gasteiger charge is 2.22. The van der Waals surface area contributed by atoms with Crippen LogP contribution in [0, 0.1) is 5.92 Å². The number of ether oxygens (including phenoxy) is 2. The molecule has 0 fully saturated rings. The topological polar surface area (TPSA) is 84.9 Å². The van der Waals surface area contributed by atoms with Gasteiger partial charge in [0.2, 0.25) is 5.91 Å². The van der Waals surface area contributed by atoms with Crippen molar-refractivity contribution in [1.29, 1.82) is 0 Å². The van der Waals surface area contributed by atoms with Crippen LogP contribution in [0.25, 0.3) is 0 Å². The third kappa shape index (κ3) is 9.30. The highest BCUT2D eigenvalue weighted by molar-refractivity contribution is 8.13. The van der Waals surface area contributed by atoms with Gasteiger partial charge in [-0.2, -0.15) is 0 Å². The monoisotopic (exact) mass is 307 g/mol. The van der Waals surface area contributed by atoms with Gasteiger partial charge in [-0.05, 0) is 0 Å². The van der Waals surface area contributed by atoms with Crippen LogP contribution < -0.4 is 5.32 Å². The quantitative estimate of drug-likeness (QED) is 0.539. The maximum Gasteiger partial charge on any atom is 0.219 e. The highest BCUT2D eigenvalue weighted by Crippen LogP contribution is 2.14. The maximum absolute atomic E-state index is 11.8. The van der Waals surface area contributed by atoms with Crippen LogP contribution in [0.4, 0.5) is 0 Å². The van der Waals surface area contributed by atoms with Crippen LogP contribution in [0.1, 0.15) is 20.3 Å². The Labute approximate surface area is 124 Å². The lowest BCUT2D eigenvalue weighted by Crippen LogP contribution is -2.30. The first-order valence-electron chi connectivity index (χ1n) is 6.71. The summed E-state index contributed by atoms with van der Waals surface area (Å²) in [6.07, 6.45) is -0.385. The van der Waals surface area contributed by atoms with Crippen molar-refractivity contribution < 1.29 is 24.2 Å². The summed E-state index contributed by atoms with van der Waals surface area (Å²) in [5.74, 6) is -0.0197. The first-order valence-corrected chi connectivity index (χ1v) is 7.69. The fraction of sp³-hybridized carbons (Fsp3) is 0.846. The van der Waals surface area contributed by atoms with Gasteiger partial charge in [0.05, 0.1) is 31.8 Å². The molecule has 0 bridgehead atoms. The number of methoxy groups -OCH3 is 1. The summed E-state index contributed by atoms with van der Waals surface area (Å²) in [5.41, 5.74) is 0. The van der Waals surface area contributed by atoms with Gasteiger partial charge in [0, 0.05) is 25.8 Å². The van der Waals surface area contributed by atoms with Gasteiger partial charge in [-0.1, -0.05) is 25.6 Å². The Kier molecular flexibility index (Phi) is 11.8. The largest absolute Gasteiger partial charge is 0.390 e. The van der Waals surface area contributed by atoms with Gasteiger partial charge in [0.1, 0.15) is 0 Å². The molecule has 2 atom stereocenters. The number of rotatable bonds is 11. The summed E-state index contributed by atoms with van der Waals surface area (Å²) >= 11 is 1.12. The van der Waals surface area contributed by atoms with Crippen LogP contribution in [0.15, 0.2) is 0 Å². The van der Waals surface area contributed by atoms with Crippen LogP contribution in [0.5, 0.6) is 0 Å². The molecule has 0 rings (SSSR count). The number of aliphatic hydroxyl groups excluding tert-OH is 1. The van der Waals surface area contributed by atoms with Crippen LogP contribution in [-0.2, 0) is 19.1 Å². The first-order chi connectivity index (χ1) is 9.52. The minimum Gasteiger partial charge on any atom is -0.390 e. The van der Waals surface area contributed by atoms with E-state index in [1.54, 1.807) is 21.0 Å². The summed E-state index contributed by atoms with van der Waals surface area (Å²) in [6, 6.07) is 0. The van der Waals surface area contributed by atoms with Crippen molar-refractivity contribution in [1.82, 2.24) is 5.32 Å². The molecule has 0 aromatic rings. The van der Waals surface area contributed by atoms with Crippen molar-refractivity contribution in [2.75, 3.05) is 39.2 Å². The molecule has 0 aliphatic rings. The van der Waals surface area contributed by atoms with Crippen molar-refractivity contribution in [3.05, 3.63) is 0 Å². The average Bonchev–Trinajstić information content (AvgIpc) is 2.46. The van der Waals surface area contributed by atoms with E-state index in [4.69, 9.17) is 9.47 Å². The zero-order chi connectivity index (χ0) is 15.4. The SMILES string of the molecule is CCC(=O)NCCSC(=O)[C@@H](C)[C@H](O)COCCOC. The fourth-order valence-corrected chi connectivity index (χ4v) is 2.07. The summed E-state index contributed by atoms with van der Waals surface area (Å²) in [5, 5.41) is 12.4. The summed E-state index contributed by atoms with van der Waals surface area (Å²) in [4.78, 5) is 22.8. The van der Waals surface area contributed by atoms with Crippen LogP contribution in [-0.4, -0.2) is 61.5 Å². The van der Waals surface area contributed by atoms with Crippen LogP contribution >= 0.6 is 11.8 Å². The second-order valence-electron chi connectivity index (χ2n) is 4.29. The Morgan fingerprint density at radius 3 is 2.65 bits per heavy atom. The van der Waals surface area contributed by atoms with Gasteiger partial charge in [-0.25, -0.2) is 0 Å². The lowest BCUT2D eigenvalue weighted by atomic mass is 10.1. The molecular formula is C13H25NO5S. The lowest BCUT2D eigenvalue weighted by molar-refractivity contribution is -0.121. The summed E-state index contributed by atoms with van der Waals surface area (Å²) < 4.78 is 10.00.